The van der Waals surface area contributed by atoms with Gasteiger partial charge in [0.25, 0.3) is 0 Å². The normalized spacial score (nSPS) is 16.7. The molecule has 29 heavy (non-hydrogen) atoms. The van der Waals surface area contributed by atoms with Gasteiger partial charge in [-0.05, 0) is 44.7 Å². The number of carbonyl (C=O) groups is 1. The average molecular weight is 415 g/mol. The van der Waals surface area contributed by atoms with Crippen molar-refractivity contribution in [3.8, 4) is 0 Å². The number of fused-ring (bicyclic) bond motifs is 1. The van der Waals surface area contributed by atoms with E-state index in [4.69, 9.17) is 0 Å². The number of rotatable bonds is 6. The first-order valence-electron chi connectivity index (χ1n) is 9.78. The Balaban J connectivity index is 1.55. The Morgan fingerprint density at radius 3 is 2.93 bits per heavy atom. The summed E-state index contributed by atoms with van der Waals surface area (Å²) in [7, 11) is 0. The monoisotopic (exact) mass is 415 g/mol. The van der Waals surface area contributed by atoms with Gasteiger partial charge in [-0.15, -0.1) is 5.10 Å². The first-order chi connectivity index (χ1) is 14.0. The highest BCUT2D eigenvalue weighted by atomic mass is 32.1. The highest BCUT2D eigenvalue weighted by molar-refractivity contribution is 7.20. The van der Waals surface area contributed by atoms with Gasteiger partial charge < -0.3 is 4.90 Å². The van der Waals surface area contributed by atoms with E-state index in [9.17, 15) is 14.0 Å². The summed E-state index contributed by atoms with van der Waals surface area (Å²) in [6.07, 6.45) is 2.94. The lowest BCUT2D eigenvalue weighted by Crippen LogP contribution is -2.36. The average Bonchev–Trinajstić information content (AvgIpc) is 3.36. The van der Waals surface area contributed by atoms with E-state index in [2.05, 4.69) is 15.1 Å². The van der Waals surface area contributed by atoms with Gasteiger partial charge in [0.05, 0.1) is 11.7 Å². The van der Waals surface area contributed by atoms with Gasteiger partial charge in [-0.25, -0.2) is 4.98 Å². The number of pyridine rings is 1. The molecule has 0 spiro atoms. The van der Waals surface area contributed by atoms with Crippen LogP contribution in [0.3, 0.4) is 0 Å². The lowest BCUT2D eigenvalue weighted by atomic mass is 10.0. The maximum Gasteiger partial charge on any atom is 0.311 e. The fourth-order valence-corrected chi connectivity index (χ4v) is 4.68. The van der Waals surface area contributed by atoms with E-state index < -0.39 is 11.4 Å². The van der Waals surface area contributed by atoms with Crippen LogP contribution in [0.15, 0.2) is 23.0 Å². The summed E-state index contributed by atoms with van der Waals surface area (Å²) in [6.45, 7) is 4.36. The van der Waals surface area contributed by atoms with Crippen LogP contribution in [-0.4, -0.2) is 38.0 Å². The molecule has 0 amide bonds. The van der Waals surface area contributed by atoms with Crippen LogP contribution in [0.1, 0.15) is 43.3 Å². The summed E-state index contributed by atoms with van der Waals surface area (Å²) in [5, 5.41) is 4.81. The Bertz CT molecular complexity index is 1130. The number of aromatic nitrogens is 4. The molecule has 0 aromatic carbocycles. The molecule has 0 unspecified atom stereocenters. The maximum atomic E-state index is 14.1. The Kier molecular flexibility index (Phi) is 5.40. The van der Waals surface area contributed by atoms with Crippen LogP contribution in [-0.2, 0) is 17.6 Å². The van der Waals surface area contributed by atoms with E-state index in [0.29, 0.717) is 35.9 Å². The Hall–Kier alpha value is -2.68. The fourth-order valence-electron chi connectivity index (χ4n) is 3.69. The lowest BCUT2D eigenvalue weighted by Gasteiger charge is -2.22. The van der Waals surface area contributed by atoms with Crippen LogP contribution in [0.4, 0.5) is 9.52 Å². The second kappa shape index (κ2) is 7.98. The topological polar surface area (TPSA) is 80.5 Å². The predicted octanol–water partition coefficient (Wildman–Crippen LogP) is 2.73. The molecule has 1 atom stereocenters. The van der Waals surface area contributed by atoms with E-state index in [-0.39, 0.29) is 17.5 Å². The summed E-state index contributed by atoms with van der Waals surface area (Å²) in [5.74, 6) is -0.729. The zero-order valence-corrected chi connectivity index (χ0v) is 17.2. The van der Waals surface area contributed by atoms with Crippen LogP contribution in [0, 0.1) is 12.7 Å². The molecule has 1 saturated heterocycles. The van der Waals surface area contributed by atoms with Gasteiger partial charge in [0.2, 0.25) is 15.9 Å². The largest absolute Gasteiger partial charge is 0.337 e. The molecule has 0 aliphatic carbocycles. The van der Waals surface area contributed by atoms with Crippen molar-refractivity contribution in [3.63, 3.8) is 0 Å². The molecular weight excluding hydrogens is 393 g/mol. The minimum Gasteiger partial charge on any atom is -0.337 e. The molecule has 1 fully saturated rings. The standard InChI is InChI=1S/C20H22FN5O2S/c1-3-14-17(21)18(28)26-19(23-14)29-20(24-26)25-11-5-8-15(25)16(27)10-9-13-7-4-6-12(2)22-13/h4,6-7,15H,3,5,8-11H2,1-2H3/t15-/m1/s1. The molecular formula is C20H22FN5O2S. The molecule has 152 valence electrons. The van der Waals surface area contributed by atoms with Crippen LogP contribution in [0.2, 0.25) is 0 Å². The molecule has 9 heteroatoms. The van der Waals surface area contributed by atoms with E-state index >= 15 is 0 Å². The second-order valence-electron chi connectivity index (χ2n) is 7.20. The molecule has 4 rings (SSSR count). The smallest absolute Gasteiger partial charge is 0.311 e. The van der Waals surface area contributed by atoms with Gasteiger partial charge in [0, 0.05) is 24.4 Å². The number of aryl methyl sites for hydroxylation is 3. The van der Waals surface area contributed by atoms with Crippen molar-refractivity contribution in [1.29, 1.82) is 0 Å². The van der Waals surface area contributed by atoms with Gasteiger partial charge >= 0.3 is 5.56 Å². The number of carbonyl (C=O) groups excluding carboxylic acids is 1. The van der Waals surface area contributed by atoms with Gasteiger partial charge in [0.1, 0.15) is 0 Å². The van der Waals surface area contributed by atoms with Gasteiger partial charge in [0.15, 0.2) is 5.78 Å². The van der Waals surface area contributed by atoms with Gasteiger partial charge in [-0.1, -0.05) is 24.3 Å². The molecule has 0 saturated carbocycles. The van der Waals surface area contributed by atoms with Crippen molar-refractivity contribution in [3.05, 3.63) is 51.5 Å². The van der Waals surface area contributed by atoms with E-state index in [0.717, 1.165) is 28.7 Å². The summed E-state index contributed by atoms with van der Waals surface area (Å²) in [4.78, 5) is 36.1. The Morgan fingerprint density at radius 2 is 2.17 bits per heavy atom. The summed E-state index contributed by atoms with van der Waals surface area (Å²) >= 11 is 1.22. The Labute approximate surface area is 171 Å². The summed E-state index contributed by atoms with van der Waals surface area (Å²) < 4.78 is 15.1. The second-order valence-corrected chi connectivity index (χ2v) is 8.13. The number of halogens is 1. The molecule has 7 nitrogen and oxygen atoms in total. The molecule has 1 aliphatic rings. The van der Waals surface area contributed by atoms with Gasteiger partial charge in [-0.3, -0.25) is 14.6 Å². The van der Waals surface area contributed by atoms with Crippen LogP contribution >= 0.6 is 11.3 Å². The van der Waals surface area contributed by atoms with Crippen LogP contribution < -0.4 is 10.5 Å². The number of nitrogens with zero attached hydrogens (tertiary/aromatic N) is 5. The molecule has 1 aliphatic heterocycles. The van der Waals surface area contributed by atoms with Gasteiger partial charge in [-0.2, -0.15) is 8.91 Å². The van der Waals surface area contributed by atoms with E-state index in [1.807, 2.05) is 30.0 Å². The number of anilines is 1. The number of ketones is 1. The predicted molar refractivity (Wildman–Crippen MR) is 109 cm³/mol. The highest BCUT2D eigenvalue weighted by Gasteiger charge is 2.33. The van der Waals surface area contributed by atoms with E-state index in [1.54, 1.807) is 6.92 Å². The van der Waals surface area contributed by atoms with Crippen molar-refractivity contribution in [2.75, 3.05) is 11.4 Å². The summed E-state index contributed by atoms with van der Waals surface area (Å²) in [6, 6.07) is 5.52. The van der Waals surface area contributed by atoms with Crippen molar-refractivity contribution < 1.29 is 9.18 Å². The zero-order valence-electron chi connectivity index (χ0n) is 16.4. The van der Waals surface area contributed by atoms with Crippen molar-refractivity contribution >= 4 is 27.2 Å². The van der Waals surface area contributed by atoms with E-state index in [1.165, 1.54) is 11.3 Å². The maximum absolute atomic E-state index is 14.1. The minimum absolute atomic E-state index is 0.130. The number of hydrogen-bond acceptors (Lipinski definition) is 7. The third-order valence-electron chi connectivity index (χ3n) is 5.19. The first-order valence-corrected chi connectivity index (χ1v) is 10.6. The van der Waals surface area contributed by atoms with Crippen molar-refractivity contribution in [2.24, 2.45) is 0 Å². The number of Topliss-reactive ketones (excluding diaryl/α,β-unsaturated/α-hetero) is 1. The SMILES string of the molecule is CCc1nc2sc(N3CCC[C@@H]3C(=O)CCc3cccc(C)n3)nn2c(=O)c1F. The van der Waals surface area contributed by atoms with Crippen molar-refractivity contribution in [2.45, 2.75) is 52.0 Å². The Morgan fingerprint density at radius 1 is 1.34 bits per heavy atom. The molecule has 3 aromatic rings. The quantitative estimate of drug-likeness (QED) is 0.616. The lowest BCUT2D eigenvalue weighted by molar-refractivity contribution is -0.120. The third kappa shape index (κ3) is 3.78. The fraction of sp³-hybridized carbons (Fsp3) is 0.450. The zero-order chi connectivity index (χ0) is 20.5. The molecule has 4 heterocycles. The number of hydrogen-bond donors (Lipinski definition) is 0. The molecule has 0 bridgehead atoms. The molecule has 3 aromatic heterocycles. The third-order valence-corrected chi connectivity index (χ3v) is 6.14. The van der Waals surface area contributed by atoms with Crippen molar-refractivity contribution in [1.82, 2.24) is 19.6 Å². The highest BCUT2D eigenvalue weighted by Crippen LogP contribution is 2.30. The van der Waals surface area contributed by atoms with Crippen LogP contribution in [0.5, 0.6) is 0 Å². The summed E-state index contributed by atoms with van der Waals surface area (Å²) in [5.41, 5.74) is 1.19. The molecule has 0 radical (unpaired) electrons. The molecule has 0 N–H and O–H groups in total. The minimum atomic E-state index is -0.860. The first kappa shape index (κ1) is 19.6. The van der Waals surface area contributed by atoms with Crippen LogP contribution in [0.25, 0.3) is 4.96 Å².